The van der Waals surface area contributed by atoms with Crippen molar-refractivity contribution in [2.75, 3.05) is 11.9 Å². The number of nitrogens with one attached hydrogen (secondary N) is 2. The first-order valence-electron chi connectivity index (χ1n) is 7.06. The predicted molar refractivity (Wildman–Crippen MR) is 84.6 cm³/mol. The average Bonchev–Trinajstić information content (AvgIpc) is 2.49. The lowest BCUT2D eigenvalue weighted by Gasteiger charge is -2.13. The van der Waals surface area contributed by atoms with Crippen LogP contribution >= 0.6 is 0 Å². The third-order valence-electron chi connectivity index (χ3n) is 3.12. The SMILES string of the molecule is CCNC(C)c1ccc(NC(=O)Oc2ccccc2)cc1. The van der Waals surface area contributed by atoms with Crippen LogP contribution in [0.1, 0.15) is 25.5 Å². The summed E-state index contributed by atoms with van der Waals surface area (Å²) in [6, 6.07) is 17.0. The van der Waals surface area contributed by atoms with Gasteiger partial charge in [0.25, 0.3) is 0 Å². The lowest BCUT2D eigenvalue weighted by Crippen LogP contribution is -2.18. The van der Waals surface area contributed by atoms with E-state index in [9.17, 15) is 4.79 Å². The molecule has 0 saturated carbocycles. The summed E-state index contributed by atoms with van der Waals surface area (Å²) < 4.78 is 5.17. The Balaban J connectivity index is 1.92. The Morgan fingerprint density at radius 2 is 1.76 bits per heavy atom. The van der Waals surface area contributed by atoms with E-state index < -0.39 is 6.09 Å². The molecule has 1 unspecified atom stereocenters. The highest BCUT2D eigenvalue weighted by molar-refractivity contribution is 5.86. The van der Waals surface area contributed by atoms with Gasteiger partial charge in [-0.15, -0.1) is 0 Å². The van der Waals surface area contributed by atoms with Crippen LogP contribution in [0.25, 0.3) is 0 Å². The number of para-hydroxylation sites is 1. The maximum Gasteiger partial charge on any atom is 0.417 e. The normalized spacial score (nSPS) is 11.7. The molecule has 0 fully saturated rings. The first-order valence-corrected chi connectivity index (χ1v) is 7.06. The fourth-order valence-corrected chi connectivity index (χ4v) is 2.02. The van der Waals surface area contributed by atoms with Gasteiger partial charge in [0.05, 0.1) is 0 Å². The maximum absolute atomic E-state index is 11.8. The number of anilines is 1. The van der Waals surface area contributed by atoms with Crippen molar-refractivity contribution in [1.29, 1.82) is 0 Å². The molecule has 0 saturated heterocycles. The van der Waals surface area contributed by atoms with Crippen LogP contribution in [-0.4, -0.2) is 12.6 Å². The van der Waals surface area contributed by atoms with Crippen molar-refractivity contribution >= 4 is 11.8 Å². The number of carbonyl (C=O) groups is 1. The summed E-state index contributed by atoms with van der Waals surface area (Å²) >= 11 is 0. The Labute approximate surface area is 125 Å². The number of benzene rings is 2. The first-order chi connectivity index (χ1) is 10.2. The van der Waals surface area contributed by atoms with Gasteiger partial charge in [0.15, 0.2) is 0 Å². The topological polar surface area (TPSA) is 50.4 Å². The number of amides is 1. The van der Waals surface area contributed by atoms with Crippen molar-refractivity contribution < 1.29 is 9.53 Å². The lowest BCUT2D eigenvalue weighted by molar-refractivity contribution is 0.215. The fourth-order valence-electron chi connectivity index (χ4n) is 2.02. The van der Waals surface area contributed by atoms with Gasteiger partial charge >= 0.3 is 6.09 Å². The Kier molecular flexibility index (Phi) is 5.35. The monoisotopic (exact) mass is 284 g/mol. The van der Waals surface area contributed by atoms with Crippen LogP contribution in [0, 0.1) is 0 Å². The number of ether oxygens (including phenoxy) is 1. The van der Waals surface area contributed by atoms with E-state index in [1.807, 2.05) is 42.5 Å². The van der Waals surface area contributed by atoms with Gasteiger partial charge in [0.1, 0.15) is 5.75 Å². The van der Waals surface area contributed by atoms with Crippen molar-refractivity contribution in [3.8, 4) is 5.75 Å². The molecule has 0 radical (unpaired) electrons. The smallest absolute Gasteiger partial charge is 0.410 e. The van der Waals surface area contributed by atoms with E-state index in [2.05, 4.69) is 24.5 Å². The van der Waals surface area contributed by atoms with Crippen molar-refractivity contribution in [3.63, 3.8) is 0 Å². The zero-order valence-electron chi connectivity index (χ0n) is 12.3. The van der Waals surface area contributed by atoms with Crippen molar-refractivity contribution in [1.82, 2.24) is 5.32 Å². The Hall–Kier alpha value is -2.33. The van der Waals surface area contributed by atoms with Crippen LogP contribution in [0.3, 0.4) is 0 Å². The number of hydrogen-bond acceptors (Lipinski definition) is 3. The van der Waals surface area contributed by atoms with Gasteiger partial charge in [-0.25, -0.2) is 4.79 Å². The fraction of sp³-hybridized carbons (Fsp3) is 0.235. The van der Waals surface area contributed by atoms with E-state index in [-0.39, 0.29) is 0 Å². The van der Waals surface area contributed by atoms with E-state index >= 15 is 0 Å². The third kappa shape index (κ3) is 4.61. The number of rotatable bonds is 5. The van der Waals surface area contributed by atoms with E-state index in [4.69, 9.17) is 4.74 Å². The molecule has 4 nitrogen and oxygen atoms in total. The summed E-state index contributed by atoms with van der Waals surface area (Å²) in [5.41, 5.74) is 1.89. The Morgan fingerprint density at radius 3 is 2.38 bits per heavy atom. The standard InChI is InChI=1S/C17H20N2O2/c1-3-18-13(2)14-9-11-15(12-10-14)19-17(20)21-16-7-5-4-6-8-16/h4-13,18H,3H2,1-2H3,(H,19,20). The highest BCUT2D eigenvalue weighted by Gasteiger charge is 2.06. The van der Waals surface area contributed by atoms with Gasteiger partial charge in [-0.2, -0.15) is 0 Å². The average molecular weight is 284 g/mol. The van der Waals surface area contributed by atoms with Gasteiger partial charge in [-0.05, 0) is 43.3 Å². The van der Waals surface area contributed by atoms with E-state index in [0.717, 1.165) is 6.54 Å². The molecular formula is C17H20N2O2. The molecule has 2 aromatic rings. The summed E-state index contributed by atoms with van der Waals surface area (Å²) in [4.78, 5) is 11.8. The first kappa shape index (κ1) is 15.1. The van der Waals surface area contributed by atoms with Gasteiger partial charge < -0.3 is 10.1 Å². The Bertz CT molecular complexity index is 567. The van der Waals surface area contributed by atoms with Crippen LogP contribution in [0.15, 0.2) is 54.6 Å². The summed E-state index contributed by atoms with van der Waals surface area (Å²) in [7, 11) is 0. The molecule has 2 N–H and O–H groups in total. The molecule has 0 spiro atoms. The maximum atomic E-state index is 11.8. The second-order valence-corrected chi connectivity index (χ2v) is 4.73. The minimum absolute atomic E-state index is 0.292. The molecule has 1 atom stereocenters. The number of hydrogen-bond donors (Lipinski definition) is 2. The molecule has 0 aliphatic rings. The van der Waals surface area contributed by atoms with Gasteiger partial charge in [0, 0.05) is 11.7 Å². The molecule has 2 aromatic carbocycles. The van der Waals surface area contributed by atoms with E-state index in [1.165, 1.54) is 5.56 Å². The molecule has 0 aliphatic carbocycles. The van der Waals surface area contributed by atoms with Gasteiger partial charge in [0.2, 0.25) is 0 Å². The van der Waals surface area contributed by atoms with Crippen LogP contribution in [0.2, 0.25) is 0 Å². The summed E-state index contributed by atoms with van der Waals surface area (Å²) in [5, 5.41) is 6.05. The van der Waals surface area contributed by atoms with Gasteiger partial charge in [-0.3, -0.25) is 5.32 Å². The second-order valence-electron chi connectivity index (χ2n) is 4.73. The van der Waals surface area contributed by atoms with Gasteiger partial charge in [-0.1, -0.05) is 37.3 Å². The van der Waals surface area contributed by atoms with Crippen LogP contribution in [0.5, 0.6) is 5.75 Å². The van der Waals surface area contributed by atoms with E-state index in [1.54, 1.807) is 12.1 Å². The lowest BCUT2D eigenvalue weighted by atomic mass is 10.1. The minimum Gasteiger partial charge on any atom is -0.410 e. The summed E-state index contributed by atoms with van der Waals surface area (Å²) in [6.07, 6.45) is -0.492. The van der Waals surface area contributed by atoms with Crippen molar-refractivity contribution in [3.05, 3.63) is 60.2 Å². The van der Waals surface area contributed by atoms with Crippen molar-refractivity contribution in [2.45, 2.75) is 19.9 Å². The quantitative estimate of drug-likeness (QED) is 0.873. The highest BCUT2D eigenvalue weighted by Crippen LogP contribution is 2.16. The molecule has 0 aromatic heterocycles. The second kappa shape index (κ2) is 7.45. The van der Waals surface area contributed by atoms with Crippen LogP contribution < -0.4 is 15.4 Å². The highest BCUT2D eigenvalue weighted by atomic mass is 16.6. The Morgan fingerprint density at radius 1 is 1.10 bits per heavy atom. The molecule has 0 heterocycles. The molecule has 21 heavy (non-hydrogen) atoms. The number of carbonyl (C=O) groups excluding carboxylic acids is 1. The molecular weight excluding hydrogens is 264 g/mol. The predicted octanol–water partition coefficient (Wildman–Crippen LogP) is 3.97. The molecule has 110 valence electrons. The summed E-state index contributed by atoms with van der Waals surface area (Å²) in [6.45, 7) is 5.10. The largest absolute Gasteiger partial charge is 0.417 e. The van der Waals surface area contributed by atoms with Crippen LogP contribution in [-0.2, 0) is 0 Å². The van der Waals surface area contributed by atoms with Crippen molar-refractivity contribution in [2.24, 2.45) is 0 Å². The molecule has 1 amide bonds. The third-order valence-corrected chi connectivity index (χ3v) is 3.12. The summed E-state index contributed by atoms with van der Waals surface area (Å²) in [5.74, 6) is 0.521. The zero-order valence-corrected chi connectivity index (χ0v) is 12.3. The van der Waals surface area contributed by atoms with Crippen LogP contribution in [0.4, 0.5) is 10.5 Å². The molecule has 0 bridgehead atoms. The molecule has 2 rings (SSSR count). The zero-order chi connectivity index (χ0) is 15.1. The molecule has 0 aliphatic heterocycles. The molecule has 4 heteroatoms. The van der Waals surface area contributed by atoms with E-state index in [0.29, 0.717) is 17.5 Å². The minimum atomic E-state index is -0.492.